The van der Waals surface area contributed by atoms with Gasteiger partial charge in [0.25, 0.3) is 0 Å². The molecule has 1 fully saturated rings. The van der Waals surface area contributed by atoms with E-state index in [9.17, 15) is 13.2 Å². The highest BCUT2D eigenvalue weighted by Gasteiger charge is 2.36. The van der Waals surface area contributed by atoms with Crippen LogP contribution in [0.1, 0.15) is 24.1 Å². The number of likely N-dealkylation sites (N-methyl/N-ethyl adjacent to an activating group) is 1. The molecule has 0 spiro atoms. The smallest absolute Gasteiger partial charge is 0.400 e. The average Bonchev–Trinajstić information content (AvgIpc) is 2.48. The second kappa shape index (κ2) is 7.92. The number of aliphatic hydroxyl groups excluding tert-OH is 1. The van der Waals surface area contributed by atoms with Crippen molar-refractivity contribution in [3.63, 3.8) is 0 Å². The lowest BCUT2D eigenvalue weighted by Crippen LogP contribution is -2.45. The van der Waals surface area contributed by atoms with E-state index in [2.05, 4.69) is 15.5 Å². The van der Waals surface area contributed by atoms with Crippen LogP contribution in [-0.4, -0.2) is 55.2 Å². The van der Waals surface area contributed by atoms with E-state index in [0.717, 1.165) is 39.4 Å². The summed E-state index contributed by atoms with van der Waals surface area (Å²) in [4.78, 5) is 4.29. The average molecular weight is 320 g/mol. The van der Waals surface area contributed by atoms with E-state index >= 15 is 0 Å². The Morgan fingerprint density at radius 1 is 1.14 bits per heavy atom. The number of alkyl halides is 3. The highest BCUT2D eigenvalue weighted by Crippen LogP contribution is 2.37. The third-order valence-electron chi connectivity index (χ3n) is 3.96. The van der Waals surface area contributed by atoms with Crippen LogP contribution in [0.25, 0.3) is 0 Å². The molecule has 1 heterocycles. The molecule has 0 aromatic heterocycles. The molecule has 0 bridgehead atoms. The maximum Gasteiger partial charge on any atom is 0.416 e. The van der Waals surface area contributed by atoms with Crippen LogP contribution in [0.2, 0.25) is 0 Å². The van der Waals surface area contributed by atoms with Gasteiger partial charge in [0.15, 0.2) is 0 Å². The molecule has 2 rings (SSSR count). The molecule has 126 valence electrons. The maximum absolute atomic E-state index is 13.2. The first kappa shape index (κ1) is 18.9. The van der Waals surface area contributed by atoms with Crippen LogP contribution in [0.4, 0.5) is 18.9 Å². The Morgan fingerprint density at radius 3 is 2.18 bits per heavy atom. The fraction of sp³-hybridized carbons (Fsp3) is 0.600. The zero-order chi connectivity index (χ0) is 16.9. The normalized spacial score (nSPS) is 18.5. The summed E-state index contributed by atoms with van der Waals surface area (Å²) in [6.45, 7) is 5.21. The lowest BCUT2D eigenvalue weighted by atomic mass is 9.98. The van der Waals surface area contributed by atoms with Gasteiger partial charge in [-0.2, -0.15) is 13.2 Å². The van der Waals surface area contributed by atoms with Crippen LogP contribution in [-0.2, 0) is 6.18 Å². The van der Waals surface area contributed by atoms with Gasteiger partial charge in [-0.15, -0.1) is 0 Å². The van der Waals surface area contributed by atoms with Crippen LogP contribution in [0.5, 0.6) is 0 Å². The van der Waals surface area contributed by atoms with Crippen LogP contribution in [0.3, 0.4) is 0 Å². The van der Waals surface area contributed by atoms with Gasteiger partial charge >= 0.3 is 6.18 Å². The van der Waals surface area contributed by atoms with Crippen molar-refractivity contribution in [3.8, 4) is 0 Å². The van der Waals surface area contributed by atoms with Crippen molar-refractivity contribution >= 4 is 5.69 Å². The van der Waals surface area contributed by atoms with Crippen molar-refractivity contribution in [1.29, 1.82) is 0 Å². The molecule has 0 amide bonds. The Balaban J connectivity index is 0.00000116. The summed E-state index contributed by atoms with van der Waals surface area (Å²) in [7, 11) is 3.03. The summed E-state index contributed by atoms with van der Waals surface area (Å²) in [6, 6.07) is 4.12. The number of benzene rings is 1. The largest absolute Gasteiger partial charge is 0.416 e. The molecular weight excluding hydrogens is 295 g/mol. The Labute approximate surface area is 129 Å². The fourth-order valence-corrected chi connectivity index (χ4v) is 2.62. The first-order valence-electron chi connectivity index (χ1n) is 7.19. The quantitative estimate of drug-likeness (QED) is 0.868. The Morgan fingerprint density at radius 2 is 1.68 bits per heavy atom. The van der Waals surface area contributed by atoms with Gasteiger partial charge in [0.05, 0.1) is 5.56 Å². The Hall–Kier alpha value is -1.15. The van der Waals surface area contributed by atoms with Gasteiger partial charge in [0.1, 0.15) is 5.69 Å². The van der Waals surface area contributed by atoms with Crippen LogP contribution in [0.15, 0.2) is 18.2 Å². The molecule has 1 aliphatic heterocycles. The molecule has 0 saturated carbocycles. The topological polar surface area (TPSA) is 54.4 Å². The number of hydrogen-bond donors (Lipinski definition) is 2. The summed E-state index contributed by atoms with van der Waals surface area (Å²) in [5, 5.41) is 7.00. The molecule has 7 heteroatoms. The Bertz CT molecular complexity index is 472. The van der Waals surface area contributed by atoms with Crippen LogP contribution in [0, 0.1) is 0 Å². The number of nitrogens with zero attached hydrogens (tertiary/aromatic N) is 2. The zero-order valence-corrected chi connectivity index (χ0v) is 13.3. The summed E-state index contributed by atoms with van der Waals surface area (Å²) in [6.07, 6.45) is -4.33. The first-order chi connectivity index (χ1) is 10.3. The number of aliphatic hydroxyl groups is 1. The maximum atomic E-state index is 13.2. The molecule has 0 aliphatic carbocycles. The SMILES string of the molecule is CC(c1ccc([NH3+])cc1C(F)(F)F)N1CCN(C)CC1.CO. The van der Waals surface area contributed by atoms with Crippen LogP contribution < -0.4 is 5.73 Å². The minimum Gasteiger partial charge on any atom is -0.400 e. The van der Waals surface area contributed by atoms with E-state index in [1.165, 1.54) is 0 Å². The van der Waals surface area contributed by atoms with Crippen molar-refractivity contribution < 1.29 is 24.0 Å². The second-order valence-electron chi connectivity index (χ2n) is 5.43. The first-order valence-corrected chi connectivity index (χ1v) is 7.19. The molecule has 1 atom stereocenters. The Kier molecular flexibility index (Phi) is 6.80. The van der Waals surface area contributed by atoms with E-state index < -0.39 is 11.7 Å². The van der Waals surface area contributed by atoms with E-state index in [1.807, 2.05) is 14.0 Å². The number of rotatable bonds is 2. The lowest BCUT2D eigenvalue weighted by Gasteiger charge is -2.37. The second-order valence-corrected chi connectivity index (χ2v) is 5.43. The van der Waals surface area contributed by atoms with E-state index in [-0.39, 0.29) is 6.04 Å². The fourth-order valence-electron chi connectivity index (χ4n) is 2.62. The number of quaternary nitrogens is 1. The van der Waals surface area contributed by atoms with E-state index in [4.69, 9.17) is 5.11 Å². The van der Waals surface area contributed by atoms with Gasteiger partial charge < -0.3 is 15.7 Å². The standard InChI is InChI=1S/C14H20F3N3.CH4O/c1-10(20-7-5-19(2)6-8-20)12-4-3-11(18)9-13(12)14(15,16)17;1-2/h3-4,9-10H,5-8,18H2,1-2H3;2H,1H3/p+1. The number of hydrogen-bond acceptors (Lipinski definition) is 3. The van der Waals surface area contributed by atoms with Crippen molar-refractivity contribution in [3.05, 3.63) is 29.3 Å². The number of halogens is 3. The molecule has 0 radical (unpaired) electrons. The zero-order valence-electron chi connectivity index (χ0n) is 13.3. The summed E-state index contributed by atoms with van der Waals surface area (Å²) in [5.41, 5.74) is 3.78. The predicted molar refractivity (Wildman–Crippen MR) is 79.6 cm³/mol. The molecular formula is C15H25F3N3O+. The molecule has 1 saturated heterocycles. The molecule has 22 heavy (non-hydrogen) atoms. The van der Waals surface area contributed by atoms with Gasteiger partial charge in [0.2, 0.25) is 0 Å². The molecule has 1 unspecified atom stereocenters. The molecule has 4 nitrogen and oxygen atoms in total. The van der Waals surface area contributed by atoms with Gasteiger partial charge in [0, 0.05) is 45.4 Å². The summed E-state index contributed by atoms with van der Waals surface area (Å²) >= 11 is 0. The van der Waals surface area contributed by atoms with Gasteiger partial charge in [-0.3, -0.25) is 4.90 Å². The summed E-state index contributed by atoms with van der Waals surface area (Å²) in [5.74, 6) is 0. The third-order valence-corrected chi connectivity index (χ3v) is 3.96. The minimum atomic E-state index is -4.33. The third kappa shape index (κ3) is 4.67. The minimum absolute atomic E-state index is 0.235. The predicted octanol–water partition coefficient (Wildman–Crippen LogP) is 1.50. The van der Waals surface area contributed by atoms with Crippen LogP contribution >= 0.6 is 0 Å². The summed E-state index contributed by atoms with van der Waals surface area (Å²) < 4.78 is 39.5. The lowest BCUT2D eigenvalue weighted by molar-refractivity contribution is -0.255. The highest BCUT2D eigenvalue weighted by molar-refractivity contribution is 5.41. The monoisotopic (exact) mass is 320 g/mol. The molecule has 1 aromatic carbocycles. The van der Waals surface area contributed by atoms with Crippen molar-refractivity contribution in [1.82, 2.24) is 9.80 Å². The van der Waals surface area contributed by atoms with Crippen molar-refractivity contribution in [2.24, 2.45) is 0 Å². The highest BCUT2D eigenvalue weighted by atomic mass is 19.4. The molecule has 1 aromatic rings. The van der Waals surface area contributed by atoms with Crippen molar-refractivity contribution in [2.75, 3.05) is 40.3 Å². The van der Waals surface area contributed by atoms with Gasteiger partial charge in [-0.05, 0) is 25.6 Å². The van der Waals surface area contributed by atoms with E-state index in [0.29, 0.717) is 11.3 Å². The molecule has 1 aliphatic rings. The molecule has 4 N–H and O–H groups in total. The van der Waals surface area contributed by atoms with Gasteiger partial charge in [-0.25, -0.2) is 0 Å². The van der Waals surface area contributed by atoms with Crippen molar-refractivity contribution in [2.45, 2.75) is 19.1 Å². The van der Waals surface area contributed by atoms with E-state index in [1.54, 1.807) is 12.1 Å². The number of piperazine rings is 1. The van der Waals surface area contributed by atoms with Gasteiger partial charge in [-0.1, -0.05) is 6.07 Å².